The van der Waals surface area contributed by atoms with Crippen LogP contribution in [0.4, 0.5) is 0 Å². The van der Waals surface area contributed by atoms with Crippen LogP contribution >= 0.6 is 24.0 Å². The summed E-state index contributed by atoms with van der Waals surface area (Å²) >= 11 is 0. The van der Waals surface area contributed by atoms with Gasteiger partial charge >= 0.3 is 0 Å². The Bertz CT molecular complexity index is 515. The molecule has 28 heavy (non-hydrogen) atoms. The van der Waals surface area contributed by atoms with Gasteiger partial charge in [-0.3, -0.25) is 14.7 Å². The van der Waals surface area contributed by atoms with E-state index in [1.807, 2.05) is 18.9 Å². The third kappa shape index (κ3) is 5.97. The quantitative estimate of drug-likeness (QED) is 0.343. The molecule has 1 saturated carbocycles. The lowest BCUT2D eigenvalue weighted by Gasteiger charge is -2.48. The molecule has 0 spiro atoms. The van der Waals surface area contributed by atoms with E-state index in [2.05, 4.69) is 20.5 Å². The van der Waals surface area contributed by atoms with Crippen molar-refractivity contribution in [3.63, 3.8) is 0 Å². The molecular formula is C21H40IN5O. The third-order valence-corrected chi connectivity index (χ3v) is 6.80. The number of piperidine rings is 1. The highest BCUT2D eigenvalue weighted by molar-refractivity contribution is 14.0. The molecule has 2 aliphatic heterocycles. The van der Waals surface area contributed by atoms with Gasteiger partial charge in [0.15, 0.2) is 5.96 Å². The van der Waals surface area contributed by atoms with E-state index >= 15 is 0 Å². The second-order valence-electron chi connectivity index (χ2n) is 8.58. The van der Waals surface area contributed by atoms with Crippen molar-refractivity contribution < 1.29 is 4.79 Å². The van der Waals surface area contributed by atoms with Gasteiger partial charge in [0.25, 0.3) is 0 Å². The predicted molar refractivity (Wildman–Crippen MR) is 126 cm³/mol. The standard InChI is InChI=1S/C21H39N5O.HI/c1-3-19(27)25-15-10-18(16-25)24-20(22-2)23-17-21(11-6-4-7-12-21)26-13-8-5-9-14-26;/h18H,3-17H2,1-2H3,(H2,22,23,24);1H. The maximum atomic E-state index is 11.9. The highest BCUT2D eigenvalue weighted by atomic mass is 127. The Morgan fingerprint density at radius 3 is 2.39 bits per heavy atom. The van der Waals surface area contributed by atoms with E-state index in [4.69, 9.17) is 0 Å². The minimum atomic E-state index is 0. The summed E-state index contributed by atoms with van der Waals surface area (Å²) in [5.41, 5.74) is 0.302. The summed E-state index contributed by atoms with van der Waals surface area (Å²) in [5.74, 6) is 1.15. The van der Waals surface area contributed by atoms with Gasteiger partial charge < -0.3 is 15.5 Å². The van der Waals surface area contributed by atoms with Gasteiger partial charge in [-0.15, -0.1) is 24.0 Å². The molecule has 7 heteroatoms. The Hall–Kier alpha value is -0.570. The molecule has 3 fully saturated rings. The highest BCUT2D eigenvalue weighted by Gasteiger charge is 2.38. The fraction of sp³-hybridized carbons (Fsp3) is 0.905. The van der Waals surface area contributed by atoms with Crippen LogP contribution in [0.15, 0.2) is 4.99 Å². The van der Waals surface area contributed by atoms with Crippen molar-refractivity contribution in [1.82, 2.24) is 20.4 Å². The number of guanidine groups is 1. The van der Waals surface area contributed by atoms with Gasteiger partial charge in [-0.2, -0.15) is 0 Å². The zero-order chi connectivity index (χ0) is 19.1. The van der Waals surface area contributed by atoms with Gasteiger partial charge in [0.1, 0.15) is 0 Å². The van der Waals surface area contributed by atoms with Gasteiger partial charge in [0, 0.05) is 44.7 Å². The normalized spacial score (nSPS) is 25.9. The van der Waals surface area contributed by atoms with Crippen molar-refractivity contribution in [2.45, 2.75) is 82.7 Å². The molecule has 0 aromatic carbocycles. The molecule has 0 bridgehead atoms. The first-order chi connectivity index (χ1) is 13.2. The molecule has 0 aromatic rings. The number of carbonyl (C=O) groups excluding carboxylic acids is 1. The summed E-state index contributed by atoms with van der Waals surface area (Å²) in [6.07, 6.45) is 12.4. The minimum Gasteiger partial charge on any atom is -0.355 e. The van der Waals surface area contributed by atoms with Crippen LogP contribution in [0.5, 0.6) is 0 Å². The lowest BCUT2D eigenvalue weighted by Crippen LogP contribution is -2.59. The number of hydrogen-bond donors (Lipinski definition) is 2. The number of amides is 1. The third-order valence-electron chi connectivity index (χ3n) is 6.80. The van der Waals surface area contributed by atoms with E-state index in [0.29, 0.717) is 18.0 Å². The van der Waals surface area contributed by atoms with Crippen LogP contribution in [0.1, 0.15) is 71.1 Å². The summed E-state index contributed by atoms with van der Waals surface area (Å²) in [6.45, 7) is 7.09. The zero-order valence-corrected chi connectivity index (χ0v) is 20.2. The highest BCUT2D eigenvalue weighted by Crippen LogP contribution is 2.35. The average Bonchev–Trinajstić information content (AvgIpc) is 3.20. The van der Waals surface area contributed by atoms with E-state index in [0.717, 1.165) is 32.0 Å². The van der Waals surface area contributed by atoms with E-state index in [9.17, 15) is 4.79 Å². The van der Waals surface area contributed by atoms with Crippen LogP contribution < -0.4 is 10.6 Å². The molecule has 3 rings (SSSR count). The van der Waals surface area contributed by atoms with Crippen LogP contribution in [0.25, 0.3) is 0 Å². The molecule has 0 aromatic heterocycles. The molecule has 6 nitrogen and oxygen atoms in total. The fourth-order valence-corrected chi connectivity index (χ4v) is 5.15. The van der Waals surface area contributed by atoms with Gasteiger partial charge in [-0.1, -0.05) is 32.6 Å². The Morgan fingerprint density at radius 2 is 1.75 bits per heavy atom. The van der Waals surface area contributed by atoms with Gasteiger partial charge in [-0.05, 0) is 45.2 Å². The van der Waals surface area contributed by atoms with Gasteiger partial charge in [-0.25, -0.2) is 0 Å². The number of hydrogen-bond acceptors (Lipinski definition) is 3. The molecule has 2 saturated heterocycles. The molecule has 2 heterocycles. The molecule has 3 aliphatic rings. The lowest BCUT2D eigenvalue weighted by molar-refractivity contribution is -0.129. The predicted octanol–water partition coefficient (Wildman–Crippen LogP) is 2.97. The second kappa shape index (κ2) is 11.6. The lowest BCUT2D eigenvalue weighted by atomic mass is 9.79. The number of likely N-dealkylation sites (tertiary alicyclic amines) is 2. The SMILES string of the molecule is CCC(=O)N1CCC(NC(=NC)NCC2(N3CCCCC3)CCCCC2)C1.I. The molecule has 1 amide bonds. The van der Waals surface area contributed by atoms with Crippen molar-refractivity contribution >= 4 is 35.8 Å². The molecule has 1 aliphatic carbocycles. The molecule has 0 radical (unpaired) electrons. The number of carbonyl (C=O) groups is 1. The van der Waals surface area contributed by atoms with Gasteiger partial charge in [0.2, 0.25) is 5.91 Å². The summed E-state index contributed by atoms with van der Waals surface area (Å²) in [4.78, 5) is 21.1. The van der Waals surface area contributed by atoms with E-state index in [1.165, 1.54) is 64.5 Å². The number of aliphatic imine (C=N–C) groups is 1. The van der Waals surface area contributed by atoms with E-state index in [-0.39, 0.29) is 29.9 Å². The van der Waals surface area contributed by atoms with Crippen molar-refractivity contribution in [2.75, 3.05) is 39.8 Å². The first-order valence-corrected chi connectivity index (χ1v) is 11.2. The van der Waals surface area contributed by atoms with Crippen LogP contribution in [-0.4, -0.2) is 73.0 Å². The topological polar surface area (TPSA) is 60.0 Å². The number of nitrogens with one attached hydrogen (secondary N) is 2. The summed E-state index contributed by atoms with van der Waals surface area (Å²) < 4.78 is 0. The van der Waals surface area contributed by atoms with Crippen molar-refractivity contribution in [2.24, 2.45) is 4.99 Å². The molecule has 1 unspecified atom stereocenters. The molecule has 162 valence electrons. The Kier molecular flexibility index (Phi) is 9.80. The van der Waals surface area contributed by atoms with Crippen LogP contribution in [0.2, 0.25) is 0 Å². The van der Waals surface area contributed by atoms with Crippen LogP contribution in [-0.2, 0) is 4.79 Å². The maximum absolute atomic E-state index is 11.9. The fourth-order valence-electron chi connectivity index (χ4n) is 5.15. The summed E-state index contributed by atoms with van der Waals surface area (Å²) in [7, 11) is 1.85. The van der Waals surface area contributed by atoms with E-state index in [1.54, 1.807) is 0 Å². The molecule has 2 N–H and O–H groups in total. The number of rotatable bonds is 5. The first kappa shape index (κ1) is 23.7. The Balaban J connectivity index is 0.00000280. The molecular weight excluding hydrogens is 465 g/mol. The maximum Gasteiger partial charge on any atom is 0.222 e. The Labute approximate surface area is 188 Å². The molecule has 1 atom stereocenters. The first-order valence-electron chi connectivity index (χ1n) is 11.2. The second-order valence-corrected chi connectivity index (χ2v) is 8.58. The largest absolute Gasteiger partial charge is 0.355 e. The van der Waals surface area contributed by atoms with Crippen LogP contribution in [0.3, 0.4) is 0 Å². The minimum absolute atomic E-state index is 0. The monoisotopic (exact) mass is 505 g/mol. The average molecular weight is 505 g/mol. The van der Waals surface area contributed by atoms with Gasteiger partial charge in [0.05, 0.1) is 0 Å². The summed E-state index contributed by atoms with van der Waals surface area (Å²) in [5, 5.41) is 7.22. The zero-order valence-electron chi connectivity index (χ0n) is 17.8. The van der Waals surface area contributed by atoms with Crippen LogP contribution in [0, 0.1) is 0 Å². The van der Waals surface area contributed by atoms with Crippen molar-refractivity contribution in [3.05, 3.63) is 0 Å². The van der Waals surface area contributed by atoms with E-state index < -0.39 is 0 Å². The smallest absolute Gasteiger partial charge is 0.222 e. The number of halogens is 1. The summed E-state index contributed by atoms with van der Waals surface area (Å²) in [6, 6.07) is 0.309. The number of nitrogens with zero attached hydrogens (tertiary/aromatic N) is 3. The van der Waals surface area contributed by atoms with Crippen molar-refractivity contribution in [1.29, 1.82) is 0 Å². The van der Waals surface area contributed by atoms with Crippen molar-refractivity contribution in [3.8, 4) is 0 Å². The Morgan fingerprint density at radius 1 is 1.07 bits per heavy atom.